The molecule has 0 bridgehead atoms. The molecule has 0 fully saturated rings. The Kier molecular flexibility index (Phi) is 5.48. The third-order valence-electron chi connectivity index (χ3n) is 5.07. The number of hydrogen-bond acceptors (Lipinski definition) is 4. The summed E-state index contributed by atoms with van der Waals surface area (Å²) >= 11 is 0. The van der Waals surface area contributed by atoms with Gasteiger partial charge in [-0.15, -0.1) is 0 Å². The van der Waals surface area contributed by atoms with Gasteiger partial charge in [0.1, 0.15) is 17.4 Å². The Bertz CT molecular complexity index is 1200. The number of aromatic nitrogens is 2. The quantitative estimate of drug-likeness (QED) is 0.430. The summed E-state index contributed by atoms with van der Waals surface area (Å²) in [6, 6.07) is 19.6. The van der Waals surface area contributed by atoms with Crippen molar-refractivity contribution < 1.29 is 18.7 Å². The Hall–Kier alpha value is -3.67. The normalized spacial score (nSPS) is 10.9. The van der Waals surface area contributed by atoms with Crippen molar-refractivity contribution >= 4 is 17.0 Å². The average molecular weight is 404 g/mol. The van der Waals surface area contributed by atoms with Gasteiger partial charge in [-0.2, -0.15) is 0 Å². The van der Waals surface area contributed by atoms with Crippen molar-refractivity contribution in [2.75, 3.05) is 14.2 Å². The van der Waals surface area contributed by atoms with Crippen molar-refractivity contribution in [3.8, 4) is 17.1 Å². The number of hydrogen-bond donors (Lipinski definition) is 0. The first-order valence-electron chi connectivity index (χ1n) is 9.57. The Morgan fingerprint density at radius 1 is 1.03 bits per heavy atom. The fraction of sp³-hybridized carbons (Fsp3) is 0.167. The fourth-order valence-electron chi connectivity index (χ4n) is 3.48. The van der Waals surface area contributed by atoms with E-state index in [1.807, 2.05) is 34.9 Å². The summed E-state index contributed by atoms with van der Waals surface area (Å²) in [6.07, 6.45) is 0.732. The fourth-order valence-corrected chi connectivity index (χ4v) is 3.48. The molecule has 0 radical (unpaired) electrons. The van der Waals surface area contributed by atoms with Gasteiger partial charge in [0.05, 0.1) is 36.4 Å². The molecule has 4 aromatic rings. The van der Waals surface area contributed by atoms with Crippen LogP contribution in [0.1, 0.15) is 15.9 Å². The molecule has 0 atom stereocenters. The lowest BCUT2D eigenvalue weighted by molar-refractivity contribution is 0.0601. The number of carbonyl (C=O) groups is 1. The van der Waals surface area contributed by atoms with Crippen LogP contribution in [0, 0.1) is 5.82 Å². The highest BCUT2D eigenvalue weighted by Gasteiger charge is 2.17. The van der Waals surface area contributed by atoms with E-state index in [2.05, 4.69) is 4.98 Å². The molecule has 3 aromatic carbocycles. The Balaban J connectivity index is 1.77. The largest absolute Gasteiger partial charge is 0.497 e. The molecule has 1 heterocycles. The van der Waals surface area contributed by atoms with Crippen molar-refractivity contribution in [3.05, 3.63) is 83.7 Å². The number of imidazole rings is 1. The molecule has 0 saturated heterocycles. The van der Waals surface area contributed by atoms with Crippen LogP contribution in [-0.4, -0.2) is 29.7 Å². The van der Waals surface area contributed by atoms with E-state index in [1.54, 1.807) is 37.4 Å². The van der Waals surface area contributed by atoms with Gasteiger partial charge in [0.15, 0.2) is 0 Å². The van der Waals surface area contributed by atoms with Crippen LogP contribution in [0.25, 0.3) is 22.4 Å². The number of methoxy groups -OCH3 is 2. The van der Waals surface area contributed by atoms with Crippen LogP contribution in [0.5, 0.6) is 5.75 Å². The maximum atomic E-state index is 14.6. The van der Waals surface area contributed by atoms with Gasteiger partial charge in [-0.1, -0.05) is 24.3 Å². The molecule has 30 heavy (non-hydrogen) atoms. The highest BCUT2D eigenvalue weighted by Crippen LogP contribution is 2.28. The van der Waals surface area contributed by atoms with E-state index in [-0.39, 0.29) is 5.82 Å². The molecule has 0 aliphatic rings. The number of ether oxygens (including phenoxy) is 2. The van der Waals surface area contributed by atoms with Gasteiger partial charge < -0.3 is 14.0 Å². The summed E-state index contributed by atoms with van der Waals surface area (Å²) in [6.45, 7) is 0.601. The second kappa shape index (κ2) is 8.37. The first-order chi connectivity index (χ1) is 14.6. The zero-order valence-electron chi connectivity index (χ0n) is 16.8. The molecule has 1 aromatic heterocycles. The highest BCUT2D eigenvalue weighted by molar-refractivity contribution is 5.94. The van der Waals surface area contributed by atoms with Crippen molar-refractivity contribution in [1.29, 1.82) is 0 Å². The van der Waals surface area contributed by atoms with E-state index >= 15 is 0 Å². The molecule has 4 rings (SSSR count). The van der Waals surface area contributed by atoms with E-state index in [1.165, 1.54) is 13.2 Å². The summed E-state index contributed by atoms with van der Waals surface area (Å²) in [4.78, 5) is 16.6. The molecule has 0 aliphatic carbocycles. The van der Waals surface area contributed by atoms with Crippen LogP contribution < -0.4 is 4.74 Å². The van der Waals surface area contributed by atoms with Gasteiger partial charge >= 0.3 is 5.97 Å². The number of halogens is 1. The number of carbonyl (C=O) groups excluding carboxylic acids is 1. The number of benzene rings is 3. The number of nitrogens with zero attached hydrogens (tertiary/aromatic N) is 2. The van der Waals surface area contributed by atoms with Crippen LogP contribution in [0.4, 0.5) is 4.39 Å². The molecule has 0 spiro atoms. The lowest BCUT2D eigenvalue weighted by Gasteiger charge is -2.11. The van der Waals surface area contributed by atoms with Crippen LogP contribution in [0.15, 0.2) is 66.7 Å². The maximum Gasteiger partial charge on any atom is 0.337 e. The smallest absolute Gasteiger partial charge is 0.337 e. The van der Waals surface area contributed by atoms with Crippen molar-refractivity contribution in [1.82, 2.24) is 9.55 Å². The second-order valence-electron chi connectivity index (χ2n) is 6.86. The maximum absolute atomic E-state index is 14.6. The molecule has 0 aliphatic heterocycles. The van der Waals surface area contributed by atoms with E-state index in [9.17, 15) is 9.18 Å². The first kappa shape index (κ1) is 19.6. The van der Waals surface area contributed by atoms with Gasteiger partial charge in [0, 0.05) is 6.54 Å². The topological polar surface area (TPSA) is 53.3 Å². The van der Waals surface area contributed by atoms with Crippen molar-refractivity contribution in [2.45, 2.75) is 13.0 Å². The number of aryl methyl sites for hydroxylation is 2. The van der Waals surface area contributed by atoms with Gasteiger partial charge in [-0.25, -0.2) is 14.2 Å². The van der Waals surface area contributed by atoms with E-state index in [0.29, 0.717) is 29.0 Å². The van der Waals surface area contributed by atoms with Crippen molar-refractivity contribution in [2.24, 2.45) is 0 Å². The molecule has 0 unspecified atom stereocenters. The van der Waals surface area contributed by atoms with Crippen LogP contribution in [0.3, 0.4) is 0 Å². The third-order valence-corrected chi connectivity index (χ3v) is 5.07. The van der Waals surface area contributed by atoms with Crippen LogP contribution in [-0.2, 0) is 17.7 Å². The SMILES string of the molecule is COC(=O)c1ccc2c(c1)nc(-c1ccccc1F)n2CCc1ccc(OC)cc1. The van der Waals surface area contributed by atoms with Crippen molar-refractivity contribution in [3.63, 3.8) is 0 Å². The molecule has 152 valence electrons. The highest BCUT2D eigenvalue weighted by atomic mass is 19.1. The molecule has 0 N–H and O–H groups in total. The molecular formula is C24H21FN2O3. The average Bonchev–Trinajstić information content (AvgIpc) is 3.15. The predicted octanol–water partition coefficient (Wildman–Crippen LogP) is 4.88. The monoisotopic (exact) mass is 404 g/mol. The van der Waals surface area contributed by atoms with Gasteiger partial charge in [-0.3, -0.25) is 0 Å². The Morgan fingerprint density at radius 2 is 1.80 bits per heavy atom. The van der Waals surface area contributed by atoms with Crippen LogP contribution in [0.2, 0.25) is 0 Å². The second-order valence-corrected chi connectivity index (χ2v) is 6.86. The zero-order chi connectivity index (χ0) is 21.1. The summed E-state index contributed by atoms with van der Waals surface area (Å²) in [7, 11) is 2.97. The minimum Gasteiger partial charge on any atom is -0.497 e. The summed E-state index contributed by atoms with van der Waals surface area (Å²) in [5, 5.41) is 0. The molecule has 0 amide bonds. The first-order valence-corrected chi connectivity index (χ1v) is 9.57. The standard InChI is InChI=1S/C24H21FN2O3/c1-29-18-10-7-16(8-11-18)13-14-27-22-12-9-17(24(28)30-2)15-21(22)26-23(27)19-5-3-4-6-20(19)25/h3-12,15H,13-14H2,1-2H3. The Morgan fingerprint density at radius 3 is 2.50 bits per heavy atom. The Labute approximate surface area is 173 Å². The molecule has 6 heteroatoms. The molecule has 0 saturated carbocycles. The minimum absolute atomic E-state index is 0.341. The summed E-state index contributed by atoms with van der Waals surface area (Å²) < 4.78 is 26.6. The number of fused-ring (bicyclic) bond motifs is 1. The van der Waals surface area contributed by atoms with Gasteiger partial charge in [0.2, 0.25) is 0 Å². The number of rotatable bonds is 6. The van der Waals surface area contributed by atoms with Gasteiger partial charge in [0.25, 0.3) is 0 Å². The molecular weight excluding hydrogens is 383 g/mol. The molecule has 5 nitrogen and oxygen atoms in total. The summed E-state index contributed by atoms with van der Waals surface area (Å²) in [5.41, 5.74) is 3.40. The van der Waals surface area contributed by atoms with E-state index in [4.69, 9.17) is 9.47 Å². The third kappa shape index (κ3) is 3.76. The van der Waals surface area contributed by atoms with Crippen LogP contribution >= 0.6 is 0 Å². The van der Waals surface area contributed by atoms with Gasteiger partial charge in [-0.05, 0) is 54.4 Å². The van der Waals surface area contributed by atoms with E-state index < -0.39 is 5.97 Å². The van der Waals surface area contributed by atoms with E-state index in [0.717, 1.165) is 23.3 Å². The summed E-state index contributed by atoms with van der Waals surface area (Å²) in [5.74, 6) is 0.552. The number of esters is 1. The zero-order valence-corrected chi connectivity index (χ0v) is 16.8. The minimum atomic E-state index is -0.433. The predicted molar refractivity (Wildman–Crippen MR) is 113 cm³/mol. The lowest BCUT2D eigenvalue weighted by atomic mass is 10.1. The lowest BCUT2D eigenvalue weighted by Crippen LogP contribution is -2.05.